The molecule has 13 heavy (non-hydrogen) atoms. The summed E-state index contributed by atoms with van der Waals surface area (Å²) >= 11 is 3.90. The molecule has 1 nitrogen and oxygen atoms in total. The molecule has 0 aromatic heterocycles. The van der Waals surface area contributed by atoms with Crippen LogP contribution in [0.1, 0.15) is 31.2 Å². The van der Waals surface area contributed by atoms with Crippen molar-refractivity contribution in [3.8, 4) is 0 Å². The molecule has 70 valence electrons. The summed E-state index contributed by atoms with van der Waals surface area (Å²) in [6.45, 7) is 2.08. The first kappa shape index (κ1) is 10.3. The van der Waals surface area contributed by atoms with Crippen molar-refractivity contribution in [1.29, 1.82) is 0 Å². The molecule has 0 N–H and O–H groups in total. The van der Waals surface area contributed by atoms with Gasteiger partial charge in [0.25, 0.3) is 0 Å². The van der Waals surface area contributed by atoms with Crippen molar-refractivity contribution in [3.05, 3.63) is 35.9 Å². The van der Waals surface area contributed by atoms with Crippen LogP contribution < -0.4 is 0 Å². The van der Waals surface area contributed by atoms with Crippen LogP contribution in [-0.2, 0) is 4.79 Å². The van der Waals surface area contributed by atoms with E-state index in [9.17, 15) is 4.79 Å². The van der Waals surface area contributed by atoms with Crippen LogP contribution in [0.4, 0.5) is 0 Å². The number of hydrogen-bond acceptors (Lipinski definition) is 1. The van der Waals surface area contributed by atoms with Crippen molar-refractivity contribution in [2.75, 3.05) is 0 Å². The molecule has 0 amide bonds. The third kappa shape index (κ3) is 2.88. The van der Waals surface area contributed by atoms with Crippen LogP contribution in [0, 0.1) is 0 Å². The molecule has 0 spiro atoms. The van der Waals surface area contributed by atoms with Gasteiger partial charge in [0.05, 0.1) is 5.92 Å². The van der Waals surface area contributed by atoms with E-state index in [0.29, 0.717) is 0 Å². The molecule has 0 aliphatic heterocycles. The summed E-state index contributed by atoms with van der Waals surface area (Å²) in [7, 11) is 0. The van der Waals surface area contributed by atoms with E-state index in [1.54, 1.807) is 0 Å². The van der Waals surface area contributed by atoms with E-state index in [2.05, 4.69) is 19.6 Å². The van der Waals surface area contributed by atoms with Gasteiger partial charge >= 0.3 is 0 Å². The average Bonchev–Trinajstić information content (AvgIpc) is 2.15. The second-order valence-corrected chi connectivity index (χ2v) is 3.53. The first-order valence-electron chi connectivity index (χ1n) is 4.53. The minimum Gasteiger partial charge on any atom is -0.287 e. The highest BCUT2D eigenvalue weighted by atomic mass is 32.1. The summed E-state index contributed by atoms with van der Waals surface area (Å²) in [5.41, 5.74) is 1.07. The molecule has 0 aliphatic rings. The van der Waals surface area contributed by atoms with E-state index < -0.39 is 0 Å². The van der Waals surface area contributed by atoms with Gasteiger partial charge in [0.1, 0.15) is 0 Å². The summed E-state index contributed by atoms with van der Waals surface area (Å²) in [5.74, 6) is -0.0328. The smallest absolute Gasteiger partial charge is 0.193 e. The van der Waals surface area contributed by atoms with E-state index in [1.807, 2.05) is 30.3 Å². The van der Waals surface area contributed by atoms with E-state index >= 15 is 0 Å². The second-order valence-electron chi connectivity index (χ2n) is 3.09. The molecule has 1 aromatic rings. The van der Waals surface area contributed by atoms with Gasteiger partial charge in [0, 0.05) is 0 Å². The number of rotatable bonds is 4. The molecular weight excluding hydrogens is 180 g/mol. The Morgan fingerprint density at radius 2 is 2.00 bits per heavy atom. The molecule has 0 fully saturated rings. The van der Waals surface area contributed by atoms with Crippen molar-refractivity contribution in [2.45, 2.75) is 25.7 Å². The zero-order valence-corrected chi connectivity index (χ0v) is 8.63. The van der Waals surface area contributed by atoms with Gasteiger partial charge in [-0.25, -0.2) is 0 Å². The number of benzene rings is 1. The topological polar surface area (TPSA) is 17.1 Å². The molecule has 1 atom stereocenters. The Hall–Kier alpha value is -0.760. The van der Waals surface area contributed by atoms with E-state index in [1.165, 1.54) is 0 Å². The van der Waals surface area contributed by atoms with Crippen molar-refractivity contribution >= 4 is 17.7 Å². The summed E-state index contributed by atoms with van der Waals surface area (Å²) in [6, 6.07) is 9.82. The number of hydrogen-bond donors (Lipinski definition) is 1. The molecule has 1 unspecified atom stereocenters. The minimum absolute atomic E-state index is 0.0328. The molecule has 0 aliphatic carbocycles. The fourth-order valence-corrected chi connectivity index (χ4v) is 1.68. The Kier molecular flexibility index (Phi) is 4.03. The molecule has 0 bridgehead atoms. The second kappa shape index (κ2) is 5.07. The Morgan fingerprint density at radius 3 is 2.46 bits per heavy atom. The first-order valence-corrected chi connectivity index (χ1v) is 4.98. The van der Waals surface area contributed by atoms with E-state index in [-0.39, 0.29) is 11.0 Å². The zero-order valence-electron chi connectivity index (χ0n) is 7.73. The summed E-state index contributed by atoms with van der Waals surface area (Å²) in [5, 5.41) is -0.0342. The predicted octanol–water partition coefficient (Wildman–Crippen LogP) is 3.03. The van der Waals surface area contributed by atoms with Gasteiger partial charge in [0.2, 0.25) is 0 Å². The van der Waals surface area contributed by atoms with Crippen molar-refractivity contribution in [2.24, 2.45) is 0 Å². The number of carbonyl (C=O) groups is 1. The Labute approximate surface area is 84.6 Å². The third-order valence-electron chi connectivity index (χ3n) is 2.08. The predicted molar refractivity (Wildman–Crippen MR) is 58.1 cm³/mol. The van der Waals surface area contributed by atoms with Gasteiger partial charge in [0.15, 0.2) is 5.12 Å². The lowest BCUT2D eigenvalue weighted by molar-refractivity contribution is -0.112. The Morgan fingerprint density at radius 1 is 1.38 bits per heavy atom. The van der Waals surface area contributed by atoms with Gasteiger partial charge in [-0.15, -0.1) is 12.6 Å². The van der Waals surface area contributed by atoms with Crippen LogP contribution >= 0.6 is 12.6 Å². The van der Waals surface area contributed by atoms with Gasteiger partial charge in [-0.05, 0) is 12.0 Å². The summed E-state index contributed by atoms with van der Waals surface area (Å²) in [4.78, 5) is 11.2. The fraction of sp³-hybridized carbons (Fsp3) is 0.364. The summed E-state index contributed by atoms with van der Waals surface area (Å²) < 4.78 is 0. The van der Waals surface area contributed by atoms with Crippen LogP contribution in [0.25, 0.3) is 0 Å². The molecule has 0 saturated carbocycles. The lowest BCUT2D eigenvalue weighted by Gasteiger charge is -2.11. The van der Waals surface area contributed by atoms with Crippen LogP contribution in [0.2, 0.25) is 0 Å². The van der Waals surface area contributed by atoms with Crippen molar-refractivity contribution < 1.29 is 4.79 Å². The first-order chi connectivity index (χ1) is 6.25. The highest BCUT2D eigenvalue weighted by Crippen LogP contribution is 2.23. The normalized spacial score (nSPS) is 12.5. The highest BCUT2D eigenvalue weighted by Gasteiger charge is 2.15. The largest absolute Gasteiger partial charge is 0.287 e. The quantitative estimate of drug-likeness (QED) is 0.729. The van der Waals surface area contributed by atoms with Crippen LogP contribution in [0.3, 0.4) is 0 Å². The Balaban J connectivity index is 2.82. The third-order valence-corrected chi connectivity index (χ3v) is 2.39. The van der Waals surface area contributed by atoms with E-state index in [0.717, 1.165) is 18.4 Å². The molecule has 0 saturated heterocycles. The number of carbonyl (C=O) groups excluding carboxylic acids is 1. The maximum absolute atomic E-state index is 11.2. The molecule has 1 rings (SSSR count). The van der Waals surface area contributed by atoms with Gasteiger partial charge in [-0.2, -0.15) is 0 Å². The Bertz CT molecular complexity index is 269. The van der Waals surface area contributed by atoms with Crippen molar-refractivity contribution in [3.63, 3.8) is 0 Å². The SMILES string of the molecule is CCCC(C(=O)S)c1ccccc1. The molecule has 0 heterocycles. The summed E-state index contributed by atoms with van der Waals surface area (Å²) in [6.07, 6.45) is 1.89. The maximum atomic E-state index is 11.2. The fourth-order valence-electron chi connectivity index (χ4n) is 1.41. The molecule has 0 radical (unpaired) electrons. The molecule has 2 heteroatoms. The molecule has 1 aromatic carbocycles. The van der Waals surface area contributed by atoms with Crippen LogP contribution in [0.5, 0.6) is 0 Å². The average molecular weight is 194 g/mol. The standard InChI is InChI=1S/C11H14OS/c1-2-6-10(11(12)13)9-7-4-3-5-8-9/h3-5,7-8,10H,2,6H2,1H3,(H,12,13). The monoisotopic (exact) mass is 194 g/mol. The lowest BCUT2D eigenvalue weighted by atomic mass is 9.96. The number of thiol groups is 1. The highest BCUT2D eigenvalue weighted by molar-refractivity contribution is 7.96. The van der Waals surface area contributed by atoms with Gasteiger partial charge in [-0.1, -0.05) is 43.7 Å². The van der Waals surface area contributed by atoms with Crippen LogP contribution in [0.15, 0.2) is 30.3 Å². The minimum atomic E-state index is -0.0342. The van der Waals surface area contributed by atoms with Crippen LogP contribution in [-0.4, -0.2) is 5.12 Å². The maximum Gasteiger partial charge on any atom is 0.193 e. The zero-order chi connectivity index (χ0) is 9.68. The van der Waals surface area contributed by atoms with Gasteiger partial charge in [-0.3, -0.25) is 4.79 Å². The molecular formula is C11H14OS. The van der Waals surface area contributed by atoms with E-state index in [4.69, 9.17) is 0 Å². The lowest BCUT2D eigenvalue weighted by Crippen LogP contribution is -2.06. The van der Waals surface area contributed by atoms with Gasteiger partial charge < -0.3 is 0 Å². The van der Waals surface area contributed by atoms with Crippen molar-refractivity contribution in [1.82, 2.24) is 0 Å².